The van der Waals surface area contributed by atoms with E-state index in [0.717, 1.165) is 5.56 Å². The molecule has 1 saturated heterocycles. The predicted molar refractivity (Wildman–Crippen MR) is 65.8 cm³/mol. The maximum absolute atomic E-state index is 11.8. The third kappa shape index (κ3) is 2.13. The molecule has 1 heterocycles. The summed E-state index contributed by atoms with van der Waals surface area (Å²) in [6.07, 6.45) is 0.166. The van der Waals surface area contributed by atoms with Crippen LogP contribution in [0.4, 0.5) is 5.69 Å². The van der Waals surface area contributed by atoms with Crippen LogP contribution in [-0.2, 0) is 9.59 Å². The van der Waals surface area contributed by atoms with Crippen molar-refractivity contribution in [1.82, 2.24) is 0 Å². The molecule has 90 valence electrons. The number of hydrogen-bond acceptors (Lipinski definition) is 2. The Morgan fingerprint density at radius 3 is 2.82 bits per heavy atom. The lowest BCUT2D eigenvalue weighted by Gasteiger charge is -2.18. The number of anilines is 1. The lowest BCUT2D eigenvalue weighted by molar-refractivity contribution is -0.123. The van der Waals surface area contributed by atoms with Gasteiger partial charge in [0, 0.05) is 13.0 Å². The van der Waals surface area contributed by atoms with Crippen molar-refractivity contribution in [2.45, 2.75) is 13.3 Å². The zero-order valence-corrected chi connectivity index (χ0v) is 10.2. The molecule has 0 aliphatic carbocycles. The van der Waals surface area contributed by atoms with Crippen molar-refractivity contribution in [2.24, 2.45) is 11.7 Å². The number of carbonyl (C=O) groups excluding carboxylic acids is 2. The van der Waals surface area contributed by atoms with E-state index < -0.39 is 11.8 Å². The second-order valence-corrected chi connectivity index (χ2v) is 4.59. The summed E-state index contributed by atoms with van der Waals surface area (Å²) >= 11 is 6.16. The van der Waals surface area contributed by atoms with E-state index >= 15 is 0 Å². The molecule has 1 aromatic rings. The zero-order chi connectivity index (χ0) is 12.6. The van der Waals surface area contributed by atoms with Gasteiger partial charge in [0.25, 0.3) is 0 Å². The van der Waals surface area contributed by atoms with Crippen LogP contribution in [0.15, 0.2) is 18.2 Å². The molecule has 1 atom stereocenters. The zero-order valence-electron chi connectivity index (χ0n) is 9.44. The summed E-state index contributed by atoms with van der Waals surface area (Å²) in [6.45, 7) is 2.19. The molecule has 1 aliphatic heterocycles. The summed E-state index contributed by atoms with van der Waals surface area (Å²) in [4.78, 5) is 24.4. The van der Waals surface area contributed by atoms with Gasteiger partial charge in [0.2, 0.25) is 11.8 Å². The largest absolute Gasteiger partial charge is 0.369 e. The van der Waals surface area contributed by atoms with Crippen molar-refractivity contribution >= 4 is 29.1 Å². The van der Waals surface area contributed by atoms with E-state index in [9.17, 15) is 9.59 Å². The Morgan fingerprint density at radius 1 is 1.53 bits per heavy atom. The average molecular weight is 253 g/mol. The quantitative estimate of drug-likeness (QED) is 0.867. The SMILES string of the molecule is Cc1cccc(N2CC(C(N)=O)CC2=O)c1Cl. The maximum Gasteiger partial charge on any atom is 0.227 e. The van der Waals surface area contributed by atoms with E-state index in [1.807, 2.05) is 19.1 Å². The summed E-state index contributed by atoms with van der Waals surface area (Å²) in [5.41, 5.74) is 6.77. The molecule has 17 heavy (non-hydrogen) atoms. The second kappa shape index (κ2) is 4.37. The van der Waals surface area contributed by atoms with Gasteiger partial charge in [-0.3, -0.25) is 9.59 Å². The Kier molecular flexibility index (Phi) is 3.07. The molecule has 2 rings (SSSR count). The van der Waals surface area contributed by atoms with Crippen LogP contribution in [0.1, 0.15) is 12.0 Å². The van der Waals surface area contributed by atoms with Crippen molar-refractivity contribution in [3.8, 4) is 0 Å². The molecule has 4 nitrogen and oxygen atoms in total. The minimum Gasteiger partial charge on any atom is -0.369 e. The van der Waals surface area contributed by atoms with Crippen molar-refractivity contribution in [2.75, 3.05) is 11.4 Å². The Labute approximate surface area is 104 Å². The van der Waals surface area contributed by atoms with Crippen LogP contribution in [0.25, 0.3) is 0 Å². The van der Waals surface area contributed by atoms with Gasteiger partial charge in [-0.25, -0.2) is 0 Å². The lowest BCUT2D eigenvalue weighted by Crippen LogP contribution is -2.28. The molecular formula is C12H13ClN2O2. The van der Waals surface area contributed by atoms with Crippen molar-refractivity contribution in [3.63, 3.8) is 0 Å². The highest BCUT2D eigenvalue weighted by Gasteiger charge is 2.34. The molecule has 1 aliphatic rings. The van der Waals surface area contributed by atoms with E-state index in [2.05, 4.69) is 0 Å². The first-order valence-electron chi connectivity index (χ1n) is 5.35. The Bertz CT molecular complexity index is 487. The number of aryl methyl sites for hydroxylation is 1. The normalized spacial score (nSPS) is 19.8. The number of halogens is 1. The molecule has 0 spiro atoms. The minimum atomic E-state index is -0.440. The van der Waals surface area contributed by atoms with Gasteiger partial charge in [-0.1, -0.05) is 23.7 Å². The first kappa shape index (κ1) is 11.9. The van der Waals surface area contributed by atoms with Gasteiger partial charge in [-0.15, -0.1) is 0 Å². The third-order valence-electron chi connectivity index (χ3n) is 2.99. The van der Waals surface area contributed by atoms with E-state index in [1.165, 1.54) is 4.90 Å². The maximum atomic E-state index is 11.8. The second-order valence-electron chi connectivity index (χ2n) is 4.22. The number of primary amides is 1. The van der Waals surface area contributed by atoms with Crippen LogP contribution in [0.2, 0.25) is 5.02 Å². The minimum absolute atomic E-state index is 0.110. The molecular weight excluding hydrogens is 240 g/mol. The Balaban J connectivity index is 2.32. The number of rotatable bonds is 2. The van der Waals surface area contributed by atoms with Gasteiger partial charge in [-0.05, 0) is 18.6 Å². The standard InChI is InChI=1S/C12H13ClN2O2/c1-7-3-2-4-9(11(7)13)15-6-8(12(14)17)5-10(15)16/h2-4,8H,5-6H2,1H3,(H2,14,17). The van der Waals surface area contributed by atoms with Crippen LogP contribution in [-0.4, -0.2) is 18.4 Å². The fourth-order valence-electron chi connectivity index (χ4n) is 1.97. The first-order chi connectivity index (χ1) is 8.00. The molecule has 0 bridgehead atoms. The number of hydrogen-bond donors (Lipinski definition) is 1. The fourth-order valence-corrected chi connectivity index (χ4v) is 2.20. The van der Waals surface area contributed by atoms with E-state index in [-0.39, 0.29) is 12.3 Å². The van der Waals surface area contributed by atoms with Gasteiger partial charge < -0.3 is 10.6 Å². The molecule has 1 unspecified atom stereocenters. The number of benzene rings is 1. The number of nitrogens with zero attached hydrogens (tertiary/aromatic N) is 1. The summed E-state index contributed by atoms with van der Waals surface area (Å²) in [5.74, 6) is -0.968. The van der Waals surface area contributed by atoms with Gasteiger partial charge in [0.05, 0.1) is 16.6 Å². The number of nitrogens with two attached hydrogens (primary N) is 1. The van der Waals surface area contributed by atoms with E-state index in [1.54, 1.807) is 6.07 Å². The molecule has 0 radical (unpaired) electrons. The smallest absolute Gasteiger partial charge is 0.227 e. The van der Waals surface area contributed by atoms with E-state index in [0.29, 0.717) is 17.3 Å². The van der Waals surface area contributed by atoms with Crippen LogP contribution in [0, 0.1) is 12.8 Å². The van der Waals surface area contributed by atoms with Gasteiger partial charge >= 0.3 is 0 Å². The topological polar surface area (TPSA) is 63.4 Å². The van der Waals surface area contributed by atoms with Crippen molar-refractivity contribution in [1.29, 1.82) is 0 Å². The molecule has 2 N–H and O–H groups in total. The molecule has 1 fully saturated rings. The summed E-state index contributed by atoms with van der Waals surface area (Å²) < 4.78 is 0. The summed E-state index contributed by atoms with van der Waals surface area (Å²) in [6, 6.07) is 5.48. The first-order valence-corrected chi connectivity index (χ1v) is 5.73. The van der Waals surface area contributed by atoms with Gasteiger partial charge in [-0.2, -0.15) is 0 Å². The average Bonchev–Trinajstić information content (AvgIpc) is 2.65. The predicted octanol–water partition coefficient (Wildman–Crippen LogP) is 1.49. The van der Waals surface area contributed by atoms with Crippen LogP contribution in [0.5, 0.6) is 0 Å². The van der Waals surface area contributed by atoms with Crippen LogP contribution < -0.4 is 10.6 Å². The molecule has 1 aromatic carbocycles. The fraction of sp³-hybridized carbons (Fsp3) is 0.333. The molecule has 5 heteroatoms. The highest BCUT2D eigenvalue weighted by Crippen LogP contribution is 2.32. The Hall–Kier alpha value is -1.55. The highest BCUT2D eigenvalue weighted by atomic mass is 35.5. The summed E-state index contributed by atoms with van der Waals surface area (Å²) in [7, 11) is 0. The molecule has 0 saturated carbocycles. The number of carbonyl (C=O) groups is 2. The van der Waals surface area contributed by atoms with Gasteiger partial charge in [0.1, 0.15) is 0 Å². The van der Waals surface area contributed by atoms with Crippen molar-refractivity contribution < 1.29 is 9.59 Å². The van der Waals surface area contributed by atoms with Crippen LogP contribution in [0.3, 0.4) is 0 Å². The number of amides is 2. The highest BCUT2D eigenvalue weighted by molar-refractivity contribution is 6.34. The van der Waals surface area contributed by atoms with Crippen molar-refractivity contribution in [3.05, 3.63) is 28.8 Å². The monoisotopic (exact) mass is 252 g/mol. The lowest BCUT2D eigenvalue weighted by atomic mass is 10.1. The molecule has 2 amide bonds. The van der Waals surface area contributed by atoms with E-state index in [4.69, 9.17) is 17.3 Å². The van der Waals surface area contributed by atoms with Crippen LogP contribution >= 0.6 is 11.6 Å². The molecule has 0 aromatic heterocycles. The summed E-state index contributed by atoms with van der Waals surface area (Å²) in [5, 5.41) is 0.547. The van der Waals surface area contributed by atoms with Gasteiger partial charge in [0.15, 0.2) is 0 Å². The Morgan fingerprint density at radius 2 is 2.24 bits per heavy atom. The third-order valence-corrected chi connectivity index (χ3v) is 3.48.